The lowest BCUT2D eigenvalue weighted by Crippen LogP contribution is -2.21. The van der Waals surface area contributed by atoms with Crippen molar-refractivity contribution < 1.29 is 0 Å². The predicted molar refractivity (Wildman–Crippen MR) is 66.1 cm³/mol. The molecular formula is C11H24N2S. The topological polar surface area (TPSA) is 24.1 Å². The first-order chi connectivity index (χ1) is 7.00. The van der Waals surface area contributed by atoms with Gasteiger partial charge in [0.2, 0.25) is 0 Å². The molecular weight excluding hydrogens is 192 g/mol. The fourth-order valence-corrected chi connectivity index (χ4v) is 2.65. The molecule has 84 valence electrons. The summed E-state index contributed by atoms with van der Waals surface area (Å²) in [5.74, 6) is 2.83. The molecule has 0 saturated carbocycles. The molecule has 2 rings (SSSR count). The summed E-state index contributed by atoms with van der Waals surface area (Å²) in [6.07, 6.45) is 7.16. The Morgan fingerprint density at radius 3 is 1.71 bits per heavy atom. The van der Waals surface area contributed by atoms with E-state index in [0.29, 0.717) is 0 Å². The van der Waals surface area contributed by atoms with E-state index in [0.717, 1.165) is 13.1 Å². The van der Waals surface area contributed by atoms with Crippen LogP contribution in [0.15, 0.2) is 0 Å². The van der Waals surface area contributed by atoms with Crippen LogP contribution < -0.4 is 10.6 Å². The summed E-state index contributed by atoms with van der Waals surface area (Å²) < 4.78 is 0. The van der Waals surface area contributed by atoms with E-state index < -0.39 is 0 Å². The van der Waals surface area contributed by atoms with Crippen LogP contribution in [0.4, 0.5) is 0 Å². The van der Waals surface area contributed by atoms with Gasteiger partial charge in [-0.25, -0.2) is 0 Å². The molecule has 2 aliphatic heterocycles. The van der Waals surface area contributed by atoms with E-state index in [-0.39, 0.29) is 0 Å². The largest absolute Gasteiger partial charge is 0.315 e. The Labute approximate surface area is 92.6 Å². The maximum atomic E-state index is 3.28. The highest BCUT2D eigenvalue weighted by Crippen LogP contribution is 2.15. The molecule has 14 heavy (non-hydrogen) atoms. The maximum absolute atomic E-state index is 3.28. The Morgan fingerprint density at radius 1 is 0.571 bits per heavy atom. The van der Waals surface area contributed by atoms with Crippen molar-refractivity contribution in [3.8, 4) is 0 Å². The minimum Gasteiger partial charge on any atom is -0.315 e. The van der Waals surface area contributed by atoms with Crippen LogP contribution in [0.2, 0.25) is 0 Å². The smallest absolute Gasteiger partial charge is 0.00767 e. The molecule has 2 fully saturated rings. The van der Waals surface area contributed by atoms with E-state index in [9.17, 15) is 0 Å². The van der Waals surface area contributed by atoms with Gasteiger partial charge in [0.05, 0.1) is 0 Å². The molecule has 2 aliphatic rings. The Balaban J connectivity index is 0.000000140. The van der Waals surface area contributed by atoms with Gasteiger partial charge in [-0.2, -0.15) is 11.8 Å². The third-order valence-corrected chi connectivity index (χ3v) is 3.67. The van der Waals surface area contributed by atoms with Crippen LogP contribution in [0.5, 0.6) is 0 Å². The summed E-state index contributed by atoms with van der Waals surface area (Å²) in [5.41, 5.74) is 0. The van der Waals surface area contributed by atoms with Crippen molar-refractivity contribution in [1.82, 2.24) is 10.6 Å². The van der Waals surface area contributed by atoms with Gasteiger partial charge in [-0.15, -0.1) is 0 Å². The second-order valence-electron chi connectivity index (χ2n) is 3.88. The van der Waals surface area contributed by atoms with Gasteiger partial charge in [0, 0.05) is 13.1 Å². The van der Waals surface area contributed by atoms with Crippen molar-refractivity contribution in [2.75, 3.05) is 37.7 Å². The highest BCUT2D eigenvalue weighted by atomic mass is 32.2. The average molecular weight is 216 g/mol. The number of hydrogen-bond donors (Lipinski definition) is 2. The second-order valence-corrected chi connectivity index (χ2v) is 5.10. The van der Waals surface area contributed by atoms with Gasteiger partial charge in [0.15, 0.2) is 0 Å². The molecule has 2 heterocycles. The van der Waals surface area contributed by atoms with Crippen LogP contribution in [0.1, 0.15) is 32.1 Å². The van der Waals surface area contributed by atoms with Crippen LogP contribution in [0.3, 0.4) is 0 Å². The van der Waals surface area contributed by atoms with Crippen LogP contribution in [-0.4, -0.2) is 37.7 Å². The third kappa shape index (κ3) is 7.65. The molecule has 0 spiro atoms. The van der Waals surface area contributed by atoms with Gasteiger partial charge in [-0.05, 0) is 43.9 Å². The third-order valence-electron chi connectivity index (χ3n) is 2.51. The molecule has 0 radical (unpaired) electrons. The standard InChI is InChI=1S/C6H12S.C5H12N2/c1-2-4-6-7-5-3-1;1-2-6-4-5-7-3-1/h1-6H2;6-7H,1-5H2. The zero-order valence-electron chi connectivity index (χ0n) is 9.19. The van der Waals surface area contributed by atoms with Crippen LogP contribution >= 0.6 is 11.8 Å². The molecule has 0 aliphatic carbocycles. The van der Waals surface area contributed by atoms with Gasteiger partial charge in [-0.3, -0.25) is 0 Å². The fourth-order valence-electron chi connectivity index (χ4n) is 1.63. The lowest BCUT2D eigenvalue weighted by atomic mass is 10.2. The highest BCUT2D eigenvalue weighted by Gasteiger charge is 1.95. The second kappa shape index (κ2) is 9.81. The van der Waals surface area contributed by atoms with Crippen molar-refractivity contribution in [2.24, 2.45) is 0 Å². The Hall–Kier alpha value is 0.270. The van der Waals surface area contributed by atoms with Crippen LogP contribution in [0, 0.1) is 0 Å². The highest BCUT2D eigenvalue weighted by molar-refractivity contribution is 7.99. The molecule has 0 bridgehead atoms. The van der Waals surface area contributed by atoms with Crippen LogP contribution in [-0.2, 0) is 0 Å². The van der Waals surface area contributed by atoms with E-state index in [2.05, 4.69) is 22.4 Å². The SMILES string of the molecule is C1CCCSCC1.C1CNCCNC1. The van der Waals surface area contributed by atoms with Gasteiger partial charge >= 0.3 is 0 Å². The summed E-state index contributed by atoms with van der Waals surface area (Å²) in [4.78, 5) is 0. The van der Waals surface area contributed by atoms with E-state index in [1.54, 1.807) is 0 Å². The van der Waals surface area contributed by atoms with Crippen molar-refractivity contribution in [3.63, 3.8) is 0 Å². The van der Waals surface area contributed by atoms with Gasteiger partial charge in [0.1, 0.15) is 0 Å². The molecule has 0 atom stereocenters. The van der Waals surface area contributed by atoms with Crippen molar-refractivity contribution in [3.05, 3.63) is 0 Å². The molecule has 0 aromatic heterocycles. The van der Waals surface area contributed by atoms with Gasteiger partial charge < -0.3 is 10.6 Å². The average Bonchev–Trinajstić information content (AvgIpc) is 2.68. The zero-order chi connectivity index (χ0) is 9.90. The molecule has 0 aromatic carbocycles. The maximum Gasteiger partial charge on any atom is 0.00767 e. The predicted octanol–water partition coefficient (Wildman–Crippen LogP) is 1.86. The van der Waals surface area contributed by atoms with Crippen molar-refractivity contribution >= 4 is 11.8 Å². The van der Waals surface area contributed by atoms with E-state index in [1.165, 1.54) is 56.7 Å². The Morgan fingerprint density at radius 2 is 1.14 bits per heavy atom. The summed E-state index contributed by atoms with van der Waals surface area (Å²) in [7, 11) is 0. The lowest BCUT2D eigenvalue weighted by Gasteiger charge is -1.92. The molecule has 0 aromatic rings. The number of thioether (sulfide) groups is 1. The number of rotatable bonds is 0. The van der Waals surface area contributed by atoms with E-state index in [4.69, 9.17) is 0 Å². The van der Waals surface area contributed by atoms with Crippen molar-refractivity contribution in [2.45, 2.75) is 32.1 Å². The molecule has 0 amide bonds. The van der Waals surface area contributed by atoms with Gasteiger partial charge in [-0.1, -0.05) is 12.8 Å². The van der Waals surface area contributed by atoms with Gasteiger partial charge in [0.25, 0.3) is 0 Å². The Kier molecular flexibility index (Phi) is 8.65. The molecule has 0 unspecified atom stereocenters. The minimum atomic E-state index is 1.14. The Bertz CT molecular complexity index is 66.6. The first-order valence-corrected chi connectivity index (χ1v) is 7.15. The first-order valence-electron chi connectivity index (χ1n) is 5.99. The molecule has 2 nitrogen and oxygen atoms in total. The van der Waals surface area contributed by atoms with E-state index in [1.807, 2.05) is 0 Å². The summed E-state index contributed by atoms with van der Waals surface area (Å²) in [6, 6.07) is 0. The quantitative estimate of drug-likeness (QED) is 0.646. The first kappa shape index (κ1) is 12.3. The summed E-state index contributed by atoms with van der Waals surface area (Å²) >= 11 is 2.12. The molecule has 2 N–H and O–H groups in total. The monoisotopic (exact) mass is 216 g/mol. The number of hydrogen-bond acceptors (Lipinski definition) is 3. The molecule has 2 saturated heterocycles. The van der Waals surface area contributed by atoms with E-state index >= 15 is 0 Å². The lowest BCUT2D eigenvalue weighted by molar-refractivity contribution is 0.718. The summed E-state index contributed by atoms with van der Waals surface area (Å²) in [5, 5.41) is 6.57. The fraction of sp³-hybridized carbons (Fsp3) is 1.00. The van der Waals surface area contributed by atoms with Crippen LogP contribution in [0.25, 0.3) is 0 Å². The zero-order valence-corrected chi connectivity index (χ0v) is 10.0. The summed E-state index contributed by atoms with van der Waals surface area (Å²) in [6.45, 7) is 4.65. The normalized spacial score (nSPS) is 24.0. The molecule has 3 heteroatoms. The number of nitrogens with one attached hydrogen (secondary N) is 2. The van der Waals surface area contributed by atoms with Crippen molar-refractivity contribution in [1.29, 1.82) is 0 Å². The minimum absolute atomic E-state index is 1.14.